The zero-order chi connectivity index (χ0) is 20.5. The summed E-state index contributed by atoms with van der Waals surface area (Å²) in [5.41, 5.74) is 1.22. The molecule has 3 rings (SSSR count). The molecule has 2 aromatic rings. The number of hydrogen-bond acceptors (Lipinski definition) is 6. The molecule has 1 atom stereocenters. The van der Waals surface area contributed by atoms with Gasteiger partial charge in [0.15, 0.2) is 0 Å². The van der Waals surface area contributed by atoms with E-state index in [1.165, 1.54) is 18.4 Å². The van der Waals surface area contributed by atoms with Crippen molar-refractivity contribution in [2.45, 2.75) is 39.3 Å². The first-order valence-corrected chi connectivity index (χ1v) is 10.6. The summed E-state index contributed by atoms with van der Waals surface area (Å²) in [7, 11) is 1.69. The Morgan fingerprint density at radius 2 is 1.83 bits per heavy atom. The van der Waals surface area contributed by atoms with Gasteiger partial charge in [0.2, 0.25) is 0 Å². The summed E-state index contributed by atoms with van der Waals surface area (Å²) in [6.45, 7) is 9.87. The molecule has 0 radical (unpaired) electrons. The molecule has 29 heavy (non-hydrogen) atoms. The van der Waals surface area contributed by atoms with Crippen LogP contribution in [0.5, 0.6) is 5.75 Å². The van der Waals surface area contributed by atoms with Crippen LogP contribution >= 0.6 is 0 Å². The van der Waals surface area contributed by atoms with E-state index in [1.807, 2.05) is 18.3 Å². The van der Waals surface area contributed by atoms with Crippen LogP contribution < -0.4 is 9.64 Å². The molecule has 6 nitrogen and oxygen atoms in total. The van der Waals surface area contributed by atoms with Crippen molar-refractivity contribution in [2.75, 3.05) is 44.9 Å². The van der Waals surface area contributed by atoms with Gasteiger partial charge in [-0.25, -0.2) is 4.98 Å². The van der Waals surface area contributed by atoms with Crippen LogP contribution in [0.1, 0.15) is 32.3 Å². The molecule has 0 amide bonds. The van der Waals surface area contributed by atoms with Gasteiger partial charge in [-0.3, -0.25) is 9.88 Å². The molecular weight excluding hydrogens is 364 g/mol. The molecule has 1 fully saturated rings. The van der Waals surface area contributed by atoms with Gasteiger partial charge in [-0.05, 0) is 49.5 Å². The molecule has 0 aliphatic carbocycles. The van der Waals surface area contributed by atoms with Crippen LogP contribution in [0.2, 0.25) is 0 Å². The monoisotopic (exact) mass is 398 g/mol. The average molecular weight is 399 g/mol. The van der Waals surface area contributed by atoms with Crippen molar-refractivity contribution in [3.8, 4) is 5.75 Å². The molecule has 1 aromatic heterocycles. The molecule has 1 aliphatic rings. The third-order valence-electron chi connectivity index (χ3n) is 5.26. The number of hydrogen-bond donors (Lipinski definition) is 0. The Hall–Kier alpha value is -2.18. The van der Waals surface area contributed by atoms with Gasteiger partial charge in [0.25, 0.3) is 0 Å². The number of benzene rings is 1. The topological polar surface area (TPSA) is 50.7 Å². The summed E-state index contributed by atoms with van der Waals surface area (Å²) in [5, 5.41) is 0. The maximum absolute atomic E-state index is 6.07. The minimum atomic E-state index is 0.344. The average Bonchev–Trinajstić information content (AvgIpc) is 3.28. The molecule has 158 valence electrons. The number of likely N-dealkylation sites (tertiary alicyclic amines) is 1. The first-order chi connectivity index (χ1) is 14.2. The van der Waals surface area contributed by atoms with Gasteiger partial charge in [0, 0.05) is 32.1 Å². The van der Waals surface area contributed by atoms with Crippen LogP contribution in [0.25, 0.3) is 0 Å². The Morgan fingerprint density at radius 3 is 2.45 bits per heavy atom. The van der Waals surface area contributed by atoms with Gasteiger partial charge < -0.3 is 14.4 Å². The Morgan fingerprint density at radius 1 is 1.07 bits per heavy atom. The van der Waals surface area contributed by atoms with Gasteiger partial charge in [-0.2, -0.15) is 0 Å². The van der Waals surface area contributed by atoms with E-state index in [-0.39, 0.29) is 0 Å². The molecule has 0 N–H and O–H groups in total. The van der Waals surface area contributed by atoms with Crippen molar-refractivity contribution in [3.63, 3.8) is 0 Å². The molecule has 1 saturated heterocycles. The van der Waals surface area contributed by atoms with Crippen LogP contribution in [0.4, 0.5) is 5.82 Å². The molecule has 1 aliphatic heterocycles. The first kappa shape index (κ1) is 21.5. The predicted molar refractivity (Wildman–Crippen MR) is 116 cm³/mol. The minimum absolute atomic E-state index is 0.344. The van der Waals surface area contributed by atoms with Crippen molar-refractivity contribution in [3.05, 3.63) is 48.4 Å². The van der Waals surface area contributed by atoms with Crippen molar-refractivity contribution < 1.29 is 9.47 Å². The van der Waals surface area contributed by atoms with Crippen molar-refractivity contribution in [2.24, 2.45) is 5.92 Å². The lowest BCUT2D eigenvalue weighted by Gasteiger charge is -2.33. The number of nitrogens with zero attached hydrogens (tertiary/aromatic N) is 4. The highest BCUT2D eigenvalue weighted by Gasteiger charge is 2.25. The van der Waals surface area contributed by atoms with Gasteiger partial charge in [0.05, 0.1) is 26.0 Å². The summed E-state index contributed by atoms with van der Waals surface area (Å²) in [5.74, 6) is 2.32. The number of ether oxygens (including phenoxy) is 2. The van der Waals surface area contributed by atoms with E-state index in [0.717, 1.165) is 51.0 Å². The Kier molecular flexibility index (Phi) is 8.25. The molecule has 1 aromatic carbocycles. The minimum Gasteiger partial charge on any atom is -0.497 e. The third-order valence-corrected chi connectivity index (χ3v) is 5.26. The fraction of sp³-hybridized carbons (Fsp3) is 0.565. The smallest absolute Gasteiger partial charge is 0.147 e. The summed E-state index contributed by atoms with van der Waals surface area (Å²) in [6, 6.07) is 8.59. The van der Waals surface area contributed by atoms with Crippen LogP contribution in [-0.4, -0.2) is 60.9 Å². The first-order valence-electron chi connectivity index (χ1n) is 10.6. The van der Waals surface area contributed by atoms with Gasteiger partial charge in [-0.1, -0.05) is 26.0 Å². The third kappa shape index (κ3) is 6.68. The number of rotatable bonds is 11. The summed E-state index contributed by atoms with van der Waals surface area (Å²) >= 11 is 0. The maximum Gasteiger partial charge on any atom is 0.147 e. The molecule has 2 heterocycles. The van der Waals surface area contributed by atoms with Gasteiger partial charge in [0.1, 0.15) is 11.6 Å². The summed E-state index contributed by atoms with van der Waals surface area (Å²) in [4.78, 5) is 13.8. The zero-order valence-electron chi connectivity index (χ0n) is 18.0. The normalized spacial score (nSPS) is 15.6. The fourth-order valence-electron chi connectivity index (χ4n) is 3.72. The van der Waals surface area contributed by atoms with Crippen molar-refractivity contribution in [1.29, 1.82) is 0 Å². The Bertz CT molecular complexity index is 703. The lowest BCUT2D eigenvalue weighted by Crippen LogP contribution is -2.46. The van der Waals surface area contributed by atoms with E-state index >= 15 is 0 Å². The lowest BCUT2D eigenvalue weighted by molar-refractivity contribution is 0.0567. The molecule has 0 spiro atoms. The van der Waals surface area contributed by atoms with E-state index in [1.54, 1.807) is 19.5 Å². The van der Waals surface area contributed by atoms with Gasteiger partial charge in [-0.15, -0.1) is 0 Å². The van der Waals surface area contributed by atoms with Crippen LogP contribution in [-0.2, 0) is 11.3 Å². The largest absolute Gasteiger partial charge is 0.497 e. The second-order valence-corrected chi connectivity index (χ2v) is 8.12. The van der Waals surface area contributed by atoms with Crippen LogP contribution in [0.15, 0.2) is 42.9 Å². The molecule has 1 unspecified atom stereocenters. The maximum atomic E-state index is 6.07. The molecule has 6 heteroatoms. The standard InChI is InChI=1S/C23H34N4O2/c1-19(2)17-29-18-21(26-12-4-5-13-26)16-27(23-14-24-10-11-25-23)15-20-6-8-22(28-3)9-7-20/h6-11,14,19,21H,4-5,12-13,15-18H2,1-3H3. The highest BCUT2D eigenvalue weighted by atomic mass is 16.5. The van der Waals surface area contributed by atoms with E-state index < -0.39 is 0 Å². The van der Waals surface area contributed by atoms with Crippen LogP contribution in [0, 0.1) is 5.92 Å². The molecule has 0 bridgehead atoms. The summed E-state index contributed by atoms with van der Waals surface area (Å²) in [6.07, 6.45) is 7.86. The second-order valence-electron chi connectivity index (χ2n) is 8.12. The number of methoxy groups -OCH3 is 1. The quantitative estimate of drug-likeness (QED) is 0.576. The Labute approximate surface area is 174 Å². The molecular formula is C23H34N4O2. The van der Waals surface area contributed by atoms with Crippen molar-refractivity contribution >= 4 is 5.82 Å². The fourth-order valence-corrected chi connectivity index (χ4v) is 3.72. The van der Waals surface area contributed by atoms with Gasteiger partial charge >= 0.3 is 0 Å². The SMILES string of the molecule is COc1ccc(CN(CC(COCC(C)C)N2CCCC2)c2cnccn2)cc1. The van der Waals surface area contributed by atoms with Crippen LogP contribution in [0.3, 0.4) is 0 Å². The second kappa shape index (κ2) is 11.1. The Balaban J connectivity index is 1.75. The highest BCUT2D eigenvalue weighted by molar-refractivity contribution is 5.38. The summed E-state index contributed by atoms with van der Waals surface area (Å²) < 4.78 is 11.4. The van der Waals surface area contributed by atoms with E-state index in [0.29, 0.717) is 12.0 Å². The predicted octanol–water partition coefficient (Wildman–Crippen LogP) is 3.63. The van der Waals surface area contributed by atoms with E-state index in [2.05, 4.69) is 45.7 Å². The lowest BCUT2D eigenvalue weighted by atomic mass is 10.1. The number of aromatic nitrogens is 2. The zero-order valence-corrected chi connectivity index (χ0v) is 18.0. The number of anilines is 1. The molecule has 0 saturated carbocycles. The van der Waals surface area contributed by atoms with E-state index in [4.69, 9.17) is 9.47 Å². The van der Waals surface area contributed by atoms with Crippen molar-refractivity contribution in [1.82, 2.24) is 14.9 Å². The highest BCUT2D eigenvalue weighted by Crippen LogP contribution is 2.20. The van der Waals surface area contributed by atoms with E-state index in [9.17, 15) is 0 Å².